The van der Waals surface area contributed by atoms with Gasteiger partial charge in [-0.1, -0.05) is 49.7 Å². The summed E-state index contributed by atoms with van der Waals surface area (Å²) in [5.41, 5.74) is 2.06. The van der Waals surface area contributed by atoms with Gasteiger partial charge in [0.1, 0.15) is 18.6 Å². The van der Waals surface area contributed by atoms with Gasteiger partial charge in [0.15, 0.2) is 11.6 Å². The van der Waals surface area contributed by atoms with Gasteiger partial charge in [0, 0.05) is 52.2 Å². The fourth-order valence-corrected chi connectivity index (χ4v) is 5.39. The Labute approximate surface area is 251 Å². The number of hydrogen-bond donors (Lipinski definition) is 0. The Bertz CT molecular complexity index is 1770. The number of benzene rings is 2. The Hall–Kier alpha value is -5.10. The Morgan fingerprint density at radius 1 is 1.14 bits per heavy atom. The van der Waals surface area contributed by atoms with Gasteiger partial charge in [-0.05, 0) is 47.2 Å². The summed E-state index contributed by atoms with van der Waals surface area (Å²) in [6.07, 6.45) is 5.38. The van der Waals surface area contributed by atoms with Crippen LogP contribution < -0.4 is 0 Å². The molecule has 3 heterocycles. The third kappa shape index (κ3) is 6.09. The average molecular weight is 600 g/mol. The monoisotopic (exact) mass is 599 g/mol. The zero-order chi connectivity index (χ0) is 30.9. The number of halogens is 1. The van der Waals surface area contributed by atoms with Crippen LogP contribution >= 0.6 is 11.6 Å². The van der Waals surface area contributed by atoms with Crippen molar-refractivity contribution in [2.24, 2.45) is 0 Å². The maximum Gasteiger partial charge on any atom is 0.287 e. The molecule has 13 heteroatoms. The number of hydrogen-bond acceptors (Lipinski definition) is 9. The van der Waals surface area contributed by atoms with Crippen molar-refractivity contribution in [3.8, 4) is 5.69 Å². The Morgan fingerprint density at radius 2 is 1.88 bits per heavy atom. The van der Waals surface area contributed by atoms with Crippen LogP contribution in [0.5, 0.6) is 0 Å². The first-order chi connectivity index (χ1) is 20.4. The van der Waals surface area contributed by atoms with Crippen LogP contribution in [-0.4, -0.2) is 59.0 Å². The second kappa shape index (κ2) is 11.6. The SMILES string of the molecule is CC(=O)c1ccc(CC(=O)C2c3cc([N+](=O)[O-])cnc3C(C)(C)CN2C(=O)/C=C/c2cc(Cl)ccc2-n2cnnn2)cc1. The number of nitrogens with zero attached hydrogens (tertiary/aromatic N) is 7. The van der Waals surface area contributed by atoms with Crippen molar-refractivity contribution in [1.82, 2.24) is 30.1 Å². The van der Waals surface area contributed by atoms with Gasteiger partial charge in [-0.15, -0.1) is 5.10 Å². The number of aromatic nitrogens is 5. The highest BCUT2D eigenvalue weighted by Crippen LogP contribution is 2.41. The highest BCUT2D eigenvalue weighted by atomic mass is 35.5. The number of fused-ring (bicyclic) bond motifs is 1. The van der Waals surface area contributed by atoms with E-state index in [4.69, 9.17) is 11.6 Å². The van der Waals surface area contributed by atoms with Gasteiger partial charge in [-0.25, -0.2) is 0 Å². The number of carbonyl (C=O) groups is 3. The number of carbonyl (C=O) groups excluding carboxylic acids is 3. The topological polar surface area (TPSA) is 154 Å². The van der Waals surface area contributed by atoms with E-state index >= 15 is 0 Å². The number of Topliss-reactive ketones (excluding diaryl/α,β-unsaturated/α-hetero) is 2. The highest BCUT2D eigenvalue weighted by molar-refractivity contribution is 6.30. The van der Waals surface area contributed by atoms with Crippen LogP contribution in [0.15, 0.2) is 67.1 Å². The van der Waals surface area contributed by atoms with E-state index in [1.165, 1.54) is 41.2 Å². The Kier molecular flexibility index (Phi) is 7.96. The number of tetrazole rings is 1. The maximum absolute atomic E-state index is 14.0. The van der Waals surface area contributed by atoms with Crippen LogP contribution in [0.2, 0.25) is 5.02 Å². The molecular weight excluding hydrogens is 574 g/mol. The zero-order valence-corrected chi connectivity index (χ0v) is 24.2. The molecule has 1 unspecified atom stereocenters. The molecule has 2 aromatic heterocycles. The van der Waals surface area contributed by atoms with Crippen LogP contribution in [-0.2, 0) is 21.4 Å². The molecule has 1 aliphatic heterocycles. The van der Waals surface area contributed by atoms with E-state index in [-0.39, 0.29) is 30.2 Å². The molecule has 4 aromatic rings. The van der Waals surface area contributed by atoms with Crippen molar-refractivity contribution in [3.63, 3.8) is 0 Å². The lowest BCUT2D eigenvalue weighted by atomic mass is 9.77. The molecule has 0 radical (unpaired) electrons. The quantitative estimate of drug-likeness (QED) is 0.123. The second-order valence-electron chi connectivity index (χ2n) is 10.8. The van der Waals surface area contributed by atoms with E-state index in [0.29, 0.717) is 38.7 Å². The summed E-state index contributed by atoms with van der Waals surface area (Å²) in [6.45, 7) is 5.31. The minimum atomic E-state index is -1.14. The number of nitro groups is 1. The summed E-state index contributed by atoms with van der Waals surface area (Å²) in [5, 5.41) is 23.3. The second-order valence-corrected chi connectivity index (χ2v) is 11.3. The molecule has 2 aromatic carbocycles. The molecule has 0 saturated carbocycles. The molecule has 1 amide bonds. The number of pyridine rings is 1. The number of amides is 1. The molecule has 1 aliphatic rings. The molecule has 0 N–H and O–H groups in total. The van der Waals surface area contributed by atoms with Crippen molar-refractivity contribution in [1.29, 1.82) is 0 Å². The minimum absolute atomic E-state index is 0.0728. The van der Waals surface area contributed by atoms with Crippen LogP contribution in [0.25, 0.3) is 11.8 Å². The molecule has 1 atom stereocenters. The van der Waals surface area contributed by atoms with Gasteiger partial charge in [0.05, 0.1) is 16.3 Å². The average Bonchev–Trinajstić information content (AvgIpc) is 3.50. The van der Waals surface area contributed by atoms with Gasteiger partial charge in [0.25, 0.3) is 5.69 Å². The smallest absolute Gasteiger partial charge is 0.287 e. The van der Waals surface area contributed by atoms with Gasteiger partial charge in [-0.2, -0.15) is 4.68 Å². The molecular formula is C30H26ClN7O5. The molecule has 43 heavy (non-hydrogen) atoms. The molecule has 0 saturated heterocycles. The molecule has 12 nitrogen and oxygen atoms in total. The lowest BCUT2D eigenvalue weighted by Crippen LogP contribution is -2.50. The standard InChI is InChI=1S/C30H26ClN7O5/c1-18(39)20-6-4-19(5-7-20)12-26(40)28-24-14-23(38(42)43)15-32-29(24)30(2,3)16-36(28)27(41)11-8-21-13-22(31)9-10-25(21)37-17-33-34-35-37/h4-11,13-15,17,28H,12,16H2,1-3H3/b11-8+. The van der Waals surface area contributed by atoms with E-state index in [0.717, 1.165) is 0 Å². The van der Waals surface area contributed by atoms with E-state index in [1.807, 2.05) is 13.8 Å². The molecule has 218 valence electrons. The first-order valence-corrected chi connectivity index (χ1v) is 13.6. The van der Waals surface area contributed by atoms with Crippen molar-refractivity contribution in [2.45, 2.75) is 38.6 Å². The van der Waals surface area contributed by atoms with E-state index in [9.17, 15) is 24.5 Å². The van der Waals surface area contributed by atoms with Crippen molar-refractivity contribution >= 4 is 40.8 Å². The Balaban J connectivity index is 1.55. The van der Waals surface area contributed by atoms with Crippen molar-refractivity contribution in [2.75, 3.05) is 6.54 Å². The summed E-state index contributed by atoms with van der Waals surface area (Å²) < 4.78 is 1.43. The molecule has 0 bridgehead atoms. The van der Waals surface area contributed by atoms with Crippen LogP contribution in [0.1, 0.15) is 59.6 Å². The summed E-state index contributed by atoms with van der Waals surface area (Å²) >= 11 is 6.23. The lowest BCUT2D eigenvalue weighted by molar-refractivity contribution is -0.385. The maximum atomic E-state index is 14.0. The summed E-state index contributed by atoms with van der Waals surface area (Å²) in [5.74, 6) is -0.946. The summed E-state index contributed by atoms with van der Waals surface area (Å²) in [4.78, 5) is 56.4. The molecule has 0 fully saturated rings. The molecule has 5 rings (SSSR count). The lowest BCUT2D eigenvalue weighted by Gasteiger charge is -2.43. The van der Waals surface area contributed by atoms with E-state index < -0.39 is 22.3 Å². The Morgan fingerprint density at radius 3 is 2.53 bits per heavy atom. The fraction of sp³-hybridized carbons (Fsp3) is 0.233. The normalized spacial score (nSPS) is 15.7. The van der Waals surface area contributed by atoms with Gasteiger partial charge < -0.3 is 4.90 Å². The van der Waals surface area contributed by atoms with Crippen molar-refractivity contribution < 1.29 is 19.3 Å². The minimum Gasteiger partial charge on any atom is -0.324 e. The number of rotatable bonds is 8. The van der Waals surface area contributed by atoms with E-state index in [2.05, 4.69) is 20.5 Å². The third-order valence-corrected chi connectivity index (χ3v) is 7.48. The predicted molar refractivity (Wildman–Crippen MR) is 157 cm³/mol. The third-order valence-electron chi connectivity index (χ3n) is 7.24. The van der Waals surface area contributed by atoms with Gasteiger partial charge in [-0.3, -0.25) is 29.5 Å². The van der Waals surface area contributed by atoms with Crippen molar-refractivity contribution in [3.05, 3.63) is 110 Å². The fourth-order valence-electron chi connectivity index (χ4n) is 5.21. The van der Waals surface area contributed by atoms with E-state index in [1.54, 1.807) is 48.5 Å². The zero-order valence-electron chi connectivity index (χ0n) is 23.5. The first-order valence-electron chi connectivity index (χ1n) is 13.2. The summed E-state index contributed by atoms with van der Waals surface area (Å²) in [6, 6.07) is 11.8. The van der Waals surface area contributed by atoms with Gasteiger partial charge >= 0.3 is 0 Å². The van der Waals surface area contributed by atoms with Crippen LogP contribution in [0.3, 0.4) is 0 Å². The molecule has 0 spiro atoms. The number of ketones is 2. The highest BCUT2D eigenvalue weighted by Gasteiger charge is 2.44. The van der Waals surface area contributed by atoms with Crippen LogP contribution in [0.4, 0.5) is 5.69 Å². The van der Waals surface area contributed by atoms with Crippen LogP contribution in [0, 0.1) is 10.1 Å². The first kappa shape index (κ1) is 29.4. The summed E-state index contributed by atoms with van der Waals surface area (Å²) in [7, 11) is 0. The molecule has 0 aliphatic carbocycles. The largest absolute Gasteiger partial charge is 0.324 e. The predicted octanol–water partition coefficient (Wildman–Crippen LogP) is 4.51. The van der Waals surface area contributed by atoms with Gasteiger partial charge in [0.2, 0.25) is 5.91 Å².